The molecule has 6 nitrogen and oxygen atoms in total. The van der Waals surface area contributed by atoms with Gasteiger partial charge in [-0.3, -0.25) is 0 Å². The number of nitrogens with zero attached hydrogens (tertiary/aromatic N) is 6. The van der Waals surface area contributed by atoms with Gasteiger partial charge in [0.2, 0.25) is 0 Å². The summed E-state index contributed by atoms with van der Waals surface area (Å²) >= 11 is 0. The van der Waals surface area contributed by atoms with Gasteiger partial charge in [-0.1, -0.05) is 60.7 Å². The van der Waals surface area contributed by atoms with Gasteiger partial charge in [-0.15, -0.1) is 0 Å². The molecule has 12 aromatic rings. The second-order valence-electron chi connectivity index (χ2n) is 17.1. The average molecular weight is 905 g/mol. The predicted octanol–water partition coefficient (Wildman–Crippen LogP) is 16.5. The number of hydrogen-bond acceptors (Lipinski definition) is 4. The van der Waals surface area contributed by atoms with Crippen LogP contribution >= 0.6 is 0 Å². The number of aromatic nitrogens is 2. The zero-order valence-electron chi connectivity index (χ0n) is 37.4. The van der Waals surface area contributed by atoms with E-state index in [1.165, 1.54) is 24.3 Å². The normalized spacial score (nSPS) is 11.3. The highest BCUT2D eigenvalue weighted by Gasteiger charge is 2.20. The number of fused-ring (bicyclic) bond motifs is 6. The van der Waals surface area contributed by atoms with E-state index in [1.54, 1.807) is 24.3 Å². The van der Waals surface area contributed by atoms with Crippen molar-refractivity contribution in [1.29, 1.82) is 10.5 Å². The molecule has 0 N–H and O–H groups in total. The van der Waals surface area contributed by atoms with E-state index >= 15 is 0 Å². The van der Waals surface area contributed by atoms with Crippen LogP contribution in [0.15, 0.2) is 231 Å². The van der Waals surface area contributed by atoms with Crippen LogP contribution in [0.2, 0.25) is 0 Å². The van der Waals surface area contributed by atoms with Crippen molar-refractivity contribution < 1.29 is 8.78 Å². The first-order valence-electron chi connectivity index (χ1n) is 22.8. The lowest BCUT2D eigenvalue weighted by Gasteiger charge is -2.26. The smallest absolute Gasteiger partial charge is 0.123 e. The molecule has 0 aliphatic carbocycles. The van der Waals surface area contributed by atoms with Crippen molar-refractivity contribution in [1.82, 2.24) is 9.13 Å². The zero-order chi connectivity index (χ0) is 47.3. The van der Waals surface area contributed by atoms with E-state index in [9.17, 15) is 19.3 Å². The lowest BCUT2D eigenvalue weighted by molar-refractivity contribution is 0.627. The number of rotatable bonds is 9. The van der Waals surface area contributed by atoms with Crippen molar-refractivity contribution in [3.8, 4) is 34.6 Å². The standard InChI is InChI=1S/C62H38F2N6/c63-45-17-29-51(30-18-45)69-59-7-3-1-5-55(59)57-37-53(33-35-61(57)69)67(47-21-9-41(39-65)10-22-47)49-25-13-43(14-26-49)44-15-27-50(28-16-44)68(48-23-11-42(40-66)12-24-48)54-34-36-62-58(38-54)56-6-2-4-8-60(56)70(62)52-31-19-46(64)20-32-52/h1-38H. The summed E-state index contributed by atoms with van der Waals surface area (Å²) in [5.41, 5.74) is 14.6. The number of nitriles is 2. The molecule has 0 atom stereocenters. The van der Waals surface area contributed by atoms with Crippen LogP contribution in [-0.2, 0) is 0 Å². The number of hydrogen-bond donors (Lipinski definition) is 0. The molecule has 0 unspecified atom stereocenters. The van der Waals surface area contributed by atoms with Crippen molar-refractivity contribution in [3.05, 3.63) is 253 Å². The largest absolute Gasteiger partial charge is 0.310 e. The number of anilines is 6. The van der Waals surface area contributed by atoms with E-state index in [0.717, 1.165) is 100 Å². The number of para-hydroxylation sites is 2. The minimum absolute atomic E-state index is 0.282. The maximum Gasteiger partial charge on any atom is 0.123 e. The van der Waals surface area contributed by atoms with Crippen LogP contribution in [0, 0.1) is 34.3 Å². The molecule has 0 saturated carbocycles. The lowest BCUT2D eigenvalue weighted by atomic mass is 10.0. The van der Waals surface area contributed by atoms with Crippen LogP contribution in [0.3, 0.4) is 0 Å². The van der Waals surface area contributed by atoms with E-state index < -0.39 is 0 Å². The Kier molecular flexibility index (Phi) is 10.2. The maximum atomic E-state index is 14.0. The molecule has 0 bridgehead atoms. The van der Waals surface area contributed by atoms with Crippen LogP contribution in [0.4, 0.5) is 42.9 Å². The molecular formula is C62H38F2N6. The van der Waals surface area contributed by atoms with Gasteiger partial charge in [-0.05, 0) is 181 Å². The summed E-state index contributed by atoms with van der Waals surface area (Å²) in [6, 6.07) is 79.2. The van der Waals surface area contributed by atoms with Gasteiger partial charge in [0.25, 0.3) is 0 Å². The van der Waals surface area contributed by atoms with Gasteiger partial charge in [-0.25, -0.2) is 8.78 Å². The monoisotopic (exact) mass is 904 g/mol. The van der Waals surface area contributed by atoms with Gasteiger partial charge in [0.05, 0.1) is 45.3 Å². The second kappa shape index (κ2) is 17.2. The zero-order valence-corrected chi connectivity index (χ0v) is 37.4. The third kappa shape index (κ3) is 7.25. The average Bonchev–Trinajstić information content (AvgIpc) is 3.92. The Morgan fingerprint density at radius 2 is 0.629 bits per heavy atom. The van der Waals surface area contributed by atoms with E-state index in [-0.39, 0.29) is 11.6 Å². The molecule has 330 valence electrons. The van der Waals surface area contributed by atoms with Gasteiger partial charge >= 0.3 is 0 Å². The molecular weight excluding hydrogens is 867 g/mol. The Hall–Kier alpha value is -9.76. The van der Waals surface area contributed by atoms with Crippen LogP contribution in [0.25, 0.3) is 66.1 Å². The van der Waals surface area contributed by atoms with Gasteiger partial charge in [0.15, 0.2) is 0 Å². The maximum absolute atomic E-state index is 14.0. The van der Waals surface area contributed by atoms with E-state index in [4.69, 9.17) is 0 Å². The highest BCUT2D eigenvalue weighted by molar-refractivity contribution is 6.12. The summed E-state index contributed by atoms with van der Waals surface area (Å²) in [5, 5.41) is 23.6. The van der Waals surface area contributed by atoms with E-state index in [2.05, 4.69) is 140 Å². The van der Waals surface area contributed by atoms with Crippen molar-refractivity contribution in [2.75, 3.05) is 9.80 Å². The molecule has 0 aliphatic heterocycles. The van der Waals surface area contributed by atoms with Gasteiger partial charge in [-0.2, -0.15) is 10.5 Å². The first-order chi connectivity index (χ1) is 34.4. The SMILES string of the molecule is N#Cc1ccc(N(c2ccc(-c3ccc(N(c4ccc(C#N)cc4)c4ccc5c(c4)c4ccccc4n5-c4ccc(F)cc4)cc3)cc2)c2ccc3c(c2)c2ccccc2n3-c2ccc(F)cc2)cc1. The van der Waals surface area contributed by atoms with Gasteiger partial charge in [0, 0.05) is 67.0 Å². The predicted molar refractivity (Wildman–Crippen MR) is 279 cm³/mol. The Morgan fingerprint density at radius 3 is 0.986 bits per heavy atom. The third-order valence-electron chi connectivity index (χ3n) is 13.1. The summed E-state index contributed by atoms with van der Waals surface area (Å²) < 4.78 is 32.4. The topological polar surface area (TPSA) is 63.9 Å². The Morgan fingerprint density at radius 1 is 0.314 bits per heavy atom. The van der Waals surface area contributed by atoms with Crippen molar-refractivity contribution in [2.45, 2.75) is 0 Å². The van der Waals surface area contributed by atoms with Crippen LogP contribution in [-0.4, -0.2) is 9.13 Å². The first-order valence-corrected chi connectivity index (χ1v) is 22.8. The fraction of sp³-hybridized carbons (Fsp3) is 0. The summed E-state index contributed by atoms with van der Waals surface area (Å²) in [6.07, 6.45) is 0. The molecule has 70 heavy (non-hydrogen) atoms. The van der Waals surface area contributed by atoms with Crippen molar-refractivity contribution in [3.63, 3.8) is 0 Å². The Balaban J connectivity index is 0.915. The molecule has 0 aliphatic rings. The second-order valence-corrected chi connectivity index (χ2v) is 17.1. The Bertz CT molecular complexity index is 3750. The van der Waals surface area contributed by atoms with Gasteiger partial charge in [0.1, 0.15) is 11.6 Å². The summed E-state index contributed by atoms with van der Waals surface area (Å²) in [7, 11) is 0. The fourth-order valence-corrected chi connectivity index (χ4v) is 9.81. The lowest BCUT2D eigenvalue weighted by Crippen LogP contribution is -2.10. The molecule has 0 saturated heterocycles. The number of benzene rings is 10. The van der Waals surface area contributed by atoms with Crippen LogP contribution < -0.4 is 9.80 Å². The van der Waals surface area contributed by atoms with Crippen molar-refractivity contribution >= 4 is 77.7 Å². The summed E-state index contributed by atoms with van der Waals surface area (Å²) in [4.78, 5) is 4.39. The molecule has 0 amide bonds. The van der Waals surface area contributed by atoms with E-state index in [0.29, 0.717) is 11.1 Å². The summed E-state index contributed by atoms with van der Waals surface area (Å²) in [6.45, 7) is 0. The quantitative estimate of drug-likeness (QED) is 0.145. The van der Waals surface area contributed by atoms with Crippen molar-refractivity contribution in [2.24, 2.45) is 0 Å². The molecule has 0 fully saturated rings. The van der Waals surface area contributed by atoms with Crippen LogP contribution in [0.1, 0.15) is 11.1 Å². The minimum Gasteiger partial charge on any atom is -0.310 e. The molecule has 12 rings (SSSR count). The molecule has 0 radical (unpaired) electrons. The molecule has 8 heteroatoms. The summed E-state index contributed by atoms with van der Waals surface area (Å²) in [5.74, 6) is -0.564. The number of halogens is 2. The van der Waals surface area contributed by atoms with E-state index in [1.807, 2.05) is 72.8 Å². The molecule has 0 spiro atoms. The first kappa shape index (κ1) is 41.7. The third-order valence-corrected chi connectivity index (χ3v) is 13.1. The molecule has 2 heterocycles. The Labute approximate surface area is 402 Å². The fourth-order valence-electron chi connectivity index (χ4n) is 9.81. The highest BCUT2D eigenvalue weighted by Crippen LogP contribution is 2.43. The highest BCUT2D eigenvalue weighted by atomic mass is 19.1. The van der Waals surface area contributed by atoms with Crippen LogP contribution in [0.5, 0.6) is 0 Å². The van der Waals surface area contributed by atoms with Gasteiger partial charge < -0.3 is 18.9 Å². The molecule has 2 aromatic heterocycles. The molecule has 10 aromatic carbocycles. The minimum atomic E-state index is -0.282.